The SMILES string of the molecule is Cc1cc(C)n(-c2cccc(Oc3cccc(-c4ncc(-c5ccccc5)n4C)c3)c2)n1. The highest BCUT2D eigenvalue weighted by Gasteiger charge is 2.12. The lowest BCUT2D eigenvalue weighted by atomic mass is 10.1. The third kappa shape index (κ3) is 3.81. The van der Waals surface area contributed by atoms with Crippen LogP contribution in [0.3, 0.4) is 0 Å². The number of hydrogen-bond acceptors (Lipinski definition) is 3. The Morgan fingerprint density at radius 3 is 2.22 bits per heavy atom. The van der Waals surface area contributed by atoms with Crippen molar-refractivity contribution in [2.45, 2.75) is 13.8 Å². The van der Waals surface area contributed by atoms with E-state index in [2.05, 4.69) is 38.9 Å². The van der Waals surface area contributed by atoms with E-state index < -0.39 is 0 Å². The standard InChI is InChI=1S/C27H24N4O/c1-19-15-20(2)31(29-19)23-12-8-14-25(17-23)32-24-13-7-11-22(16-24)27-28-18-26(30(27)3)21-9-5-4-6-10-21/h4-18H,1-3H3. The molecular formula is C27H24N4O. The van der Waals surface area contributed by atoms with Gasteiger partial charge in [0.15, 0.2) is 0 Å². The summed E-state index contributed by atoms with van der Waals surface area (Å²) in [5.74, 6) is 2.42. The number of rotatable bonds is 5. The Balaban J connectivity index is 1.43. The van der Waals surface area contributed by atoms with Gasteiger partial charge in [-0.25, -0.2) is 9.67 Å². The van der Waals surface area contributed by atoms with Gasteiger partial charge in [0.25, 0.3) is 0 Å². The fourth-order valence-corrected chi connectivity index (χ4v) is 3.96. The summed E-state index contributed by atoms with van der Waals surface area (Å²) < 4.78 is 10.2. The summed E-state index contributed by atoms with van der Waals surface area (Å²) in [5.41, 5.74) is 6.27. The van der Waals surface area contributed by atoms with E-state index in [1.165, 1.54) is 0 Å². The van der Waals surface area contributed by atoms with Gasteiger partial charge in [-0.3, -0.25) is 0 Å². The Hall–Kier alpha value is -4.12. The molecule has 0 saturated carbocycles. The van der Waals surface area contributed by atoms with Crippen molar-refractivity contribution in [3.63, 3.8) is 0 Å². The summed E-state index contributed by atoms with van der Waals surface area (Å²) in [6.45, 7) is 4.05. The van der Waals surface area contributed by atoms with Crippen LogP contribution in [0.4, 0.5) is 0 Å². The Morgan fingerprint density at radius 1 is 0.750 bits per heavy atom. The molecule has 0 aliphatic heterocycles. The summed E-state index contributed by atoms with van der Waals surface area (Å²) in [7, 11) is 2.04. The van der Waals surface area contributed by atoms with Gasteiger partial charge in [0.1, 0.15) is 17.3 Å². The molecule has 0 N–H and O–H groups in total. The van der Waals surface area contributed by atoms with E-state index in [0.29, 0.717) is 0 Å². The predicted octanol–water partition coefficient (Wildman–Crippen LogP) is 6.35. The molecule has 0 radical (unpaired) electrons. The van der Waals surface area contributed by atoms with Crippen molar-refractivity contribution < 1.29 is 4.74 Å². The average molecular weight is 421 g/mol. The Labute approximate surface area is 187 Å². The van der Waals surface area contributed by atoms with Gasteiger partial charge in [0.05, 0.1) is 23.3 Å². The third-order valence-electron chi connectivity index (χ3n) is 5.46. The van der Waals surface area contributed by atoms with Crippen LogP contribution in [0, 0.1) is 13.8 Å². The smallest absolute Gasteiger partial charge is 0.140 e. The first-order valence-corrected chi connectivity index (χ1v) is 10.6. The molecule has 2 aromatic heterocycles. The number of imidazole rings is 1. The summed E-state index contributed by atoms with van der Waals surface area (Å²) >= 11 is 0. The monoisotopic (exact) mass is 420 g/mol. The lowest BCUT2D eigenvalue weighted by molar-refractivity contribution is 0.482. The van der Waals surface area contributed by atoms with E-state index in [-0.39, 0.29) is 0 Å². The molecule has 0 saturated heterocycles. The van der Waals surface area contributed by atoms with Crippen molar-refractivity contribution in [3.05, 3.63) is 103 Å². The van der Waals surface area contributed by atoms with Crippen molar-refractivity contribution in [2.24, 2.45) is 7.05 Å². The van der Waals surface area contributed by atoms with Crippen molar-refractivity contribution in [1.82, 2.24) is 19.3 Å². The summed E-state index contributed by atoms with van der Waals surface area (Å²) in [6, 6.07) is 28.3. The summed E-state index contributed by atoms with van der Waals surface area (Å²) in [6.07, 6.45) is 1.91. The largest absolute Gasteiger partial charge is 0.457 e. The fraction of sp³-hybridized carbons (Fsp3) is 0.111. The van der Waals surface area contributed by atoms with Crippen LogP contribution < -0.4 is 4.74 Å². The van der Waals surface area contributed by atoms with E-state index in [9.17, 15) is 0 Å². The first kappa shape index (κ1) is 19.8. The maximum atomic E-state index is 6.20. The minimum Gasteiger partial charge on any atom is -0.457 e. The van der Waals surface area contributed by atoms with E-state index in [1.54, 1.807) is 0 Å². The molecule has 5 aromatic rings. The van der Waals surface area contributed by atoms with Crippen LogP contribution in [0.15, 0.2) is 91.1 Å². The van der Waals surface area contributed by atoms with E-state index in [4.69, 9.17) is 4.74 Å². The maximum Gasteiger partial charge on any atom is 0.140 e. The topological polar surface area (TPSA) is 44.9 Å². The molecular weight excluding hydrogens is 396 g/mol. The van der Waals surface area contributed by atoms with Gasteiger partial charge >= 0.3 is 0 Å². The Morgan fingerprint density at radius 2 is 1.47 bits per heavy atom. The number of aromatic nitrogens is 4. The average Bonchev–Trinajstić information content (AvgIpc) is 3.36. The van der Waals surface area contributed by atoms with Crippen LogP contribution in [0.5, 0.6) is 11.5 Å². The molecule has 5 heteroatoms. The second kappa shape index (κ2) is 8.19. The number of benzene rings is 3. The molecule has 0 unspecified atom stereocenters. The zero-order chi connectivity index (χ0) is 22.1. The zero-order valence-corrected chi connectivity index (χ0v) is 18.4. The van der Waals surface area contributed by atoms with Crippen LogP contribution in [-0.2, 0) is 7.05 Å². The molecule has 0 bridgehead atoms. The van der Waals surface area contributed by atoms with Gasteiger partial charge in [-0.1, -0.05) is 48.5 Å². The van der Waals surface area contributed by atoms with Gasteiger partial charge in [-0.15, -0.1) is 0 Å². The van der Waals surface area contributed by atoms with Gasteiger partial charge < -0.3 is 9.30 Å². The number of hydrogen-bond donors (Lipinski definition) is 0. The van der Waals surface area contributed by atoms with Crippen LogP contribution in [0.1, 0.15) is 11.4 Å². The maximum absolute atomic E-state index is 6.20. The second-order valence-corrected chi connectivity index (χ2v) is 7.86. The molecule has 0 aliphatic carbocycles. The van der Waals surface area contributed by atoms with E-state index in [0.717, 1.165) is 51.2 Å². The number of aryl methyl sites for hydroxylation is 2. The summed E-state index contributed by atoms with van der Waals surface area (Å²) in [5, 5.41) is 4.57. The normalized spacial score (nSPS) is 11.0. The van der Waals surface area contributed by atoms with Gasteiger partial charge in [0.2, 0.25) is 0 Å². The van der Waals surface area contributed by atoms with Gasteiger partial charge in [-0.05, 0) is 49.7 Å². The van der Waals surface area contributed by atoms with Crippen LogP contribution >= 0.6 is 0 Å². The zero-order valence-electron chi connectivity index (χ0n) is 18.4. The molecule has 158 valence electrons. The molecule has 0 amide bonds. The molecule has 32 heavy (non-hydrogen) atoms. The minimum atomic E-state index is 0.761. The highest BCUT2D eigenvalue weighted by atomic mass is 16.5. The van der Waals surface area contributed by atoms with Crippen molar-refractivity contribution in [3.8, 4) is 39.8 Å². The lowest BCUT2D eigenvalue weighted by Crippen LogP contribution is -1.99. The number of nitrogens with zero attached hydrogens (tertiary/aromatic N) is 4. The first-order chi connectivity index (χ1) is 15.6. The Bertz CT molecular complexity index is 1380. The molecule has 2 heterocycles. The molecule has 0 atom stereocenters. The van der Waals surface area contributed by atoms with E-state index in [1.807, 2.05) is 92.4 Å². The molecule has 5 nitrogen and oxygen atoms in total. The van der Waals surface area contributed by atoms with E-state index >= 15 is 0 Å². The third-order valence-corrected chi connectivity index (χ3v) is 5.46. The first-order valence-electron chi connectivity index (χ1n) is 10.6. The number of ether oxygens (including phenoxy) is 1. The second-order valence-electron chi connectivity index (χ2n) is 7.86. The quantitative estimate of drug-likeness (QED) is 0.333. The molecule has 3 aromatic carbocycles. The molecule has 0 fully saturated rings. The highest BCUT2D eigenvalue weighted by Crippen LogP contribution is 2.30. The summed E-state index contributed by atoms with van der Waals surface area (Å²) in [4.78, 5) is 4.67. The van der Waals surface area contributed by atoms with Gasteiger partial charge in [-0.2, -0.15) is 5.10 Å². The van der Waals surface area contributed by atoms with Crippen LogP contribution in [0.25, 0.3) is 28.3 Å². The van der Waals surface area contributed by atoms with Crippen molar-refractivity contribution in [1.29, 1.82) is 0 Å². The Kier molecular flexibility index (Phi) is 5.07. The molecule has 0 spiro atoms. The predicted molar refractivity (Wildman–Crippen MR) is 127 cm³/mol. The minimum absolute atomic E-state index is 0.761. The van der Waals surface area contributed by atoms with Crippen LogP contribution in [-0.4, -0.2) is 19.3 Å². The van der Waals surface area contributed by atoms with Crippen molar-refractivity contribution in [2.75, 3.05) is 0 Å². The highest BCUT2D eigenvalue weighted by molar-refractivity contribution is 5.66. The van der Waals surface area contributed by atoms with Gasteiger partial charge in [0, 0.05) is 24.4 Å². The fourth-order valence-electron chi connectivity index (χ4n) is 3.96. The van der Waals surface area contributed by atoms with Crippen LogP contribution in [0.2, 0.25) is 0 Å². The van der Waals surface area contributed by atoms with Crippen molar-refractivity contribution >= 4 is 0 Å². The molecule has 5 rings (SSSR count). The molecule has 0 aliphatic rings. The lowest BCUT2D eigenvalue weighted by Gasteiger charge is -2.11.